The van der Waals surface area contributed by atoms with Crippen molar-refractivity contribution in [3.05, 3.63) is 78.2 Å². The van der Waals surface area contributed by atoms with Crippen LogP contribution in [0.4, 0.5) is 10.8 Å². The molecule has 0 unspecified atom stereocenters. The summed E-state index contributed by atoms with van der Waals surface area (Å²) in [6, 6.07) is 16.7. The second-order valence-electron chi connectivity index (χ2n) is 6.05. The minimum Gasteiger partial charge on any atom is -0.452 e. The number of hydrogen-bond acceptors (Lipinski definition) is 6. The lowest BCUT2D eigenvalue weighted by Gasteiger charge is -2.18. The predicted molar refractivity (Wildman–Crippen MR) is 116 cm³/mol. The van der Waals surface area contributed by atoms with Gasteiger partial charge in [0.2, 0.25) is 0 Å². The number of para-hydroxylation sites is 1. The fraction of sp³-hybridized carbons (Fsp3) is 0.136. The van der Waals surface area contributed by atoms with Gasteiger partial charge in [0.05, 0.1) is 11.3 Å². The number of thiazole rings is 1. The molecule has 7 heteroatoms. The summed E-state index contributed by atoms with van der Waals surface area (Å²) in [5, 5.41) is 5.35. The van der Waals surface area contributed by atoms with Crippen LogP contribution < -0.4 is 10.2 Å². The smallest absolute Gasteiger partial charge is 0.340 e. The molecular formula is C22H21N3O3S. The van der Waals surface area contributed by atoms with Crippen molar-refractivity contribution < 1.29 is 14.3 Å². The van der Waals surface area contributed by atoms with Gasteiger partial charge in [0.15, 0.2) is 11.7 Å². The summed E-state index contributed by atoms with van der Waals surface area (Å²) in [4.78, 5) is 31.1. The molecule has 148 valence electrons. The minimum absolute atomic E-state index is 0.269. The number of carbonyl (C=O) groups is 2. The number of aromatic nitrogens is 1. The Morgan fingerprint density at radius 1 is 1.17 bits per heavy atom. The van der Waals surface area contributed by atoms with Crippen LogP contribution in [0, 0.1) is 0 Å². The highest BCUT2D eigenvalue weighted by Gasteiger charge is 2.21. The van der Waals surface area contributed by atoms with E-state index in [4.69, 9.17) is 4.74 Å². The molecular weight excluding hydrogens is 386 g/mol. The van der Waals surface area contributed by atoms with E-state index in [0.29, 0.717) is 16.4 Å². The maximum Gasteiger partial charge on any atom is 0.340 e. The van der Waals surface area contributed by atoms with Crippen molar-refractivity contribution in [1.29, 1.82) is 0 Å². The first-order valence-electron chi connectivity index (χ1n) is 9.00. The Kier molecular flexibility index (Phi) is 6.76. The Labute approximate surface area is 173 Å². The van der Waals surface area contributed by atoms with E-state index in [-0.39, 0.29) is 19.1 Å². The fourth-order valence-electron chi connectivity index (χ4n) is 2.71. The molecule has 0 aliphatic rings. The number of carbonyl (C=O) groups excluding carboxylic acids is 2. The number of nitrogens with one attached hydrogen (secondary N) is 1. The zero-order valence-electron chi connectivity index (χ0n) is 16.0. The van der Waals surface area contributed by atoms with E-state index in [0.717, 1.165) is 11.3 Å². The molecule has 3 aromatic rings. The molecule has 3 rings (SSSR count). The van der Waals surface area contributed by atoms with Gasteiger partial charge in [-0.05, 0) is 12.1 Å². The number of esters is 1. The summed E-state index contributed by atoms with van der Waals surface area (Å²) in [7, 11) is 1.72. The van der Waals surface area contributed by atoms with Crippen LogP contribution in [0.15, 0.2) is 72.6 Å². The number of anilines is 2. The van der Waals surface area contributed by atoms with Crippen molar-refractivity contribution in [3.63, 3.8) is 0 Å². The lowest BCUT2D eigenvalue weighted by Crippen LogP contribution is -2.35. The quantitative estimate of drug-likeness (QED) is 0.447. The molecule has 1 amide bonds. The van der Waals surface area contributed by atoms with Crippen molar-refractivity contribution in [2.24, 2.45) is 0 Å². The van der Waals surface area contributed by atoms with E-state index in [1.54, 1.807) is 31.3 Å². The topological polar surface area (TPSA) is 71.5 Å². The van der Waals surface area contributed by atoms with Gasteiger partial charge in [0.1, 0.15) is 0 Å². The molecule has 1 N–H and O–H groups in total. The molecule has 6 nitrogen and oxygen atoms in total. The molecule has 0 aliphatic heterocycles. The second kappa shape index (κ2) is 9.66. The molecule has 0 saturated carbocycles. The highest BCUT2D eigenvalue weighted by Crippen LogP contribution is 2.27. The first-order chi connectivity index (χ1) is 14.1. The Morgan fingerprint density at radius 2 is 1.90 bits per heavy atom. The zero-order valence-corrected chi connectivity index (χ0v) is 16.8. The van der Waals surface area contributed by atoms with Crippen LogP contribution in [0.5, 0.6) is 0 Å². The standard InChI is InChI=1S/C22H21N3O3S/c1-3-13-25(22-24-19(15-29-22)16-9-5-4-6-10-16)20(26)14-28-21(27)17-11-7-8-12-18(17)23-2/h3-12,15,23H,1,13-14H2,2H3. The van der Waals surface area contributed by atoms with Gasteiger partial charge in [-0.3, -0.25) is 9.69 Å². The summed E-state index contributed by atoms with van der Waals surface area (Å²) in [5.41, 5.74) is 2.77. The summed E-state index contributed by atoms with van der Waals surface area (Å²) in [6.07, 6.45) is 1.61. The Morgan fingerprint density at radius 3 is 2.62 bits per heavy atom. The van der Waals surface area contributed by atoms with Gasteiger partial charge in [0.25, 0.3) is 5.91 Å². The van der Waals surface area contributed by atoms with Crippen molar-refractivity contribution >= 4 is 34.0 Å². The van der Waals surface area contributed by atoms with E-state index in [1.807, 2.05) is 41.8 Å². The third-order valence-corrected chi connectivity index (χ3v) is 5.01. The average Bonchev–Trinajstić information content (AvgIpc) is 3.26. The van der Waals surface area contributed by atoms with E-state index in [2.05, 4.69) is 16.9 Å². The molecule has 0 radical (unpaired) electrons. The van der Waals surface area contributed by atoms with E-state index in [9.17, 15) is 9.59 Å². The number of ether oxygens (including phenoxy) is 1. The van der Waals surface area contributed by atoms with Gasteiger partial charge in [-0.25, -0.2) is 9.78 Å². The molecule has 0 bridgehead atoms. The fourth-order valence-corrected chi connectivity index (χ4v) is 3.57. The normalized spacial score (nSPS) is 10.2. The average molecular weight is 407 g/mol. The lowest BCUT2D eigenvalue weighted by atomic mass is 10.2. The van der Waals surface area contributed by atoms with Gasteiger partial charge in [0, 0.05) is 30.2 Å². The zero-order chi connectivity index (χ0) is 20.6. The maximum atomic E-state index is 12.7. The number of rotatable bonds is 8. The number of benzene rings is 2. The molecule has 2 aromatic carbocycles. The van der Waals surface area contributed by atoms with Gasteiger partial charge in [-0.2, -0.15) is 0 Å². The van der Waals surface area contributed by atoms with Crippen LogP contribution in [0.2, 0.25) is 0 Å². The van der Waals surface area contributed by atoms with Crippen LogP contribution in [0.3, 0.4) is 0 Å². The lowest BCUT2D eigenvalue weighted by molar-refractivity contribution is -0.121. The van der Waals surface area contributed by atoms with E-state index in [1.165, 1.54) is 16.2 Å². The van der Waals surface area contributed by atoms with Crippen molar-refractivity contribution in [2.75, 3.05) is 30.4 Å². The predicted octanol–water partition coefficient (Wildman–Crippen LogP) is 4.23. The first kappa shape index (κ1) is 20.3. The van der Waals surface area contributed by atoms with Crippen molar-refractivity contribution in [1.82, 2.24) is 4.98 Å². The Hall–Kier alpha value is -3.45. The third-order valence-electron chi connectivity index (χ3n) is 4.15. The summed E-state index contributed by atoms with van der Waals surface area (Å²) in [6.45, 7) is 3.59. The number of nitrogens with zero attached hydrogens (tertiary/aromatic N) is 2. The Balaban J connectivity index is 1.71. The summed E-state index contributed by atoms with van der Waals surface area (Å²) < 4.78 is 5.25. The molecule has 0 atom stereocenters. The van der Waals surface area contributed by atoms with Crippen LogP contribution in [0.1, 0.15) is 10.4 Å². The van der Waals surface area contributed by atoms with Crippen molar-refractivity contribution in [2.45, 2.75) is 0 Å². The van der Waals surface area contributed by atoms with Crippen LogP contribution in [-0.2, 0) is 9.53 Å². The molecule has 1 aromatic heterocycles. The molecule has 0 fully saturated rings. The van der Waals surface area contributed by atoms with E-state index < -0.39 is 5.97 Å². The molecule has 0 aliphatic carbocycles. The Bertz CT molecular complexity index is 1000. The van der Waals surface area contributed by atoms with E-state index >= 15 is 0 Å². The van der Waals surface area contributed by atoms with Crippen LogP contribution >= 0.6 is 11.3 Å². The SMILES string of the molecule is C=CCN(C(=O)COC(=O)c1ccccc1NC)c1nc(-c2ccccc2)cs1. The largest absolute Gasteiger partial charge is 0.452 e. The highest BCUT2D eigenvalue weighted by atomic mass is 32.1. The van der Waals surface area contributed by atoms with Gasteiger partial charge < -0.3 is 10.1 Å². The van der Waals surface area contributed by atoms with Crippen LogP contribution in [-0.4, -0.2) is 37.1 Å². The molecule has 0 saturated heterocycles. The maximum absolute atomic E-state index is 12.7. The molecule has 29 heavy (non-hydrogen) atoms. The summed E-state index contributed by atoms with van der Waals surface area (Å²) in [5.74, 6) is -0.930. The molecule has 0 spiro atoms. The third kappa shape index (κ3) is 4.89. The van der Waals surface area contributed by atoms with Crippen molar-refractivity contribution in [3.8, 4) is 11.3 Å². The number of amides is 1. The first-order valence-corrected chi connectivity index (χ1v) is 9.88. The van der Waals surface area contributed by atoms with Crippen LogP contribution in [0.25, 0.3) is 11.3 Å². The van der Waals surface area contributed by atoms with Gasteiger partial charge in [-0.1, -0.05) is 48.5 Å². The monoisotopic (exact) mass is 407 g/mol. The minimum atomic E-state index is -0.564. The van der Waals surface area contributed by atoms with Gasteiger partial charge >= 0.3 is 5.97 Å². The molecule has 1 heterocycles. The summed E-state index contributed by atoms with van der Waals surface area (Å²) >= 11 is 1.35. The second-order valence-corrected chi connectivity index (χ2v) is 6.88. The van der Waals surface area contributed by atoms with Gasteiger partial charge in [-0.15, -0.1) is 17.9 Å². The number of hydrogen-bond donors (Lipinski definition) is 1. The highest BCUT2D eigenvalue weighted by molar-refractivity contribution is 7.14.